The normalized spacial score (nSPS) is 0. The second-order valence-electron chi connectivity index (χ2n) is 0. The molecule has 0 spiro atoms. The van der Waals surface area contributed by atoms with Gasteiger partial charge in [-0.15, -0.1) is 0 Å². The standard InChI is InChI=1S/CH4.Cr.Mn.Ti/h1H4;;;. The summed E-state index contributed by atoms with van der Waals surface area (Å²) in [7, 11) is 0. The van der Waals surface area contributed by atoms with Crippen LogP contribution in [0.3, 0.4) is 0 Å². The molecule has 25 valence electrons. The predicted molar refractivity (Wildman–Crippen MR) is 6.73 cm³/mol. The fourth-order valence-electron chi connectivity index (χ4n) is 0. The van der Waals surface area contributed by atoms with E-state index >= 15 is 0 Å². The second kappa shape index (κ2) is 21.7. The molecular formula is CH4CrMnTi. The van der Waals surface area contributed by atoms with Crippen molar-refractivity contribution in [3.05, 3.63) is 0 Å². The maximum absolute atomic E-state index is 0. The first kappa shape index (κ1) is 42.0. The van der Waals surface area contributed by atoms with E-state index < -0.39 is 0 Å². The molecule has 0 aliphatic rings. The van der Waals surface area contributed by atoms with Gasteiger partial charge in [0.05, 0.1) is 0 Å². The molecule has 0 saturated heterocycles. The first-order valence-electron chi connectivity index (χ1n) is 0. The molecule has 0 N–H and O–H groups in total. The Kier molecular flexibility index (Phi) is 227. The number of rotatable bonds is 0. The smallest absolute Gasteiger partial charge is 0 e. The van der Waals surface area contributed by atoms with Gasteiger partial charge in [0.1, 0.15) is 0 Å². The molecule has 3 heteroatoms. The molecule has 0 saturated carbocycles. The zero-order valence-corrected chi connectivity index (χ0v) is 5.30. The summed E-state index contributed by atoms with van der Waals surface area (Å²) in [6, 6.07) is 0. The Labute approximate surface area is 63.2 Å². The van der Waals surface area contributed by atoms with Crippen LogP contribution in [0.15, 0.2) is 0 Å². The molecule has 1 radical (unpaired) electrons. The minimum absolute atomic E-state index is 0. The van der Waals surface area contributed by atoms with Crippen LogP contribution >= 0.6 is 0 Å². The van der Waals surface area contributed by atoms with Gasteiger partial charge in [0.2, 0.25) is 0 Å². The van der Waals surface area contributed by atoms with Crippen LogP contribution in [0.25, 0.3) is 0 Å². The van der Waals surface area contributed by atoms with E-state index in [9.17, 15) is 0 Å². The van der Waals surface area contributed by atoms with Crippen LogP contribution in [-0.4, -0.2) is 0 Å². The third-order valence-corrected chi connectivity index (χ3v) is 0. The van der Waals surface area contributed by atoms with Gasteiger partial charge >= 0.3 is 0 Å². The van der Waals surface area contributed by atoms with Crippen molar-refractivity contribution in [1.29, 1.82) is 0 Å². The quantitative estimate of drug-likeness (QED) is 0.468. The summed E-state index contributed by atoms with van der Waals surface area (Å²) in [5.41, 5.74) is 0. The molecular weight excluding hydrogens is 167 g/mol. The van der Waals surface area contributed by atoms with Crippen molar-refractivity contribution in [2.75, 3.05) is 0 Å². The van der Waals surface area contributed by atoms with E-state index in [0.717, 1.165) is 0 Å². The molecule has 0 aromatic heterocycles. The van der Waals surface area contributed by atoms with Crippen molar-refractivity contribution < 1.29 is 56.1 Å². The Morgan fingerprint density at radius 2 is 1.00 bits per heavy atom. The molecule has 0 fully saturated rings. The van der Waals surface area contributed by atoms with Crippen LogP contribution in [0.1, 0.15) is 7.43 Å². The van der Waals surface area contributed by atoms with Gasteiger partial charge in [-0.2, -0.15) is 0 Å². The monoisotopic (exact) mass is 171 g/mol. The van der Waals surface area contributed by atoms with Crippen molar-refractivity contribution in [1.82, 2.24) is 0 Å². The predicted octanol–water partition coefficient (Wildman–Crippen LogP) is 0.629. The minimum atomic E-state index is 0. The summed E-state index contributed by atoms with van der Waals surface area (Å²) in [4.78, 5) is 0. The van der Waals surface area contributed by atoms with Crippen molar-refractivity contribution in [2.24, 2.45) is 0 Å². The largest absolute Gasteiger partial charge is 0.0776 e. The third-order valence-electron chi connectivity index (χ3n) is 0. The first-order valence-corrected chi connectivity index (χ1v) is 0. The summed E-state index contributed by atoms with van der Waals surface area (Å²) >= 11 is 0. The fourth-order valence-corrected chi connectivity index (χ4v) is 0. The molecule has 0 bridgehead atoms. The van der Waals surface area contributed by atoms with E-state index in [1.165, 1.54) is 0 Å². The van der Waals surface area contributed by atoms with Gasteiger partial charge in [-0.05, 0) is 0 Å². The summed E-state index contributed by atoms with van der Waals surface area (Å²) in [5, 5.41) is 0. The average molecular weight is 171 g/mol. The summed E-state index contributed by atoms with van der Waals surface area (Å²) in [6.45, 7) is 0. The molecule has 0 nitrogen and oxygen atoms in total. The molecule has 0 aromatic carbocycles. The van der Waals surface area contributed by atoms with Crippen molar-refractivity contribution in [3.8, 4) is 0 Å². The van der Waals surface area contributed by atoms with Crippen molar-refractivity contribution >= 4 is 0 Å². The van der Waals surface area contributed by atoms with E-state index in [-0.39, 0.29) is 63.6 Å². The Balaban J connectivity index is 0. The van der Waals surface area contributed by atoms with Gasteiger partial charge in [-0.1, -0.05) is 7.43 Å². The maximum atomic E-state index is 0. The second-order valence-corrected chi connectivity index (χ2v) is 0. The molecule has 0 unspecified atom stereocenters. The van der Waals surface area contributed by atoms with Crippen LogP contribution in [-0.2, 0) is 56.1 Å². The molecule has 0 amide bonds. The molecule has 0 rings (SSSR count). The van der Waals surface area contributed by atoms with E-state index in [4.69, 9.17) is 0 Å². The van der Waals surface area contributed by atoms with Gasteiger partial charge in [-0.25, -0.2) is 0 Å². The average Bonchev–Trinajstić information content (AvgIpc) is 0. The molecule has 4 heavy (non-hydrogen) atoms. The van der Waals surface area contributed by atoms with Gasteiger partial charge in [0, 0.05) is 56.1 Å². The van der Waals surface area contributed by atoms with Crippen LogP contribution < -0.4 is 0 Å². The SMILES string of the molecule is C.[Cr].[Mn].[Ti]. The minimum Gasteiger partial charge on any atom is -0.0776 e. The van der Waals surface area contributed by atoms with Crippen LogP contribution in [0.5, 0.6) is 0 Å². The van der Waals surface area contributed by atoms with E-state index in [0.29, 0.717) is 0 Å². The van der Waals surface area contributed by atoms with Crippen LogP contribution in [0, 0.1) is 0 Å². The van der Waals surface area contributed by atoms with Crippen LogP contribution in [0.2, 0.25) is 0 Å². The summed E-state index contributed by atoms with van der Waals surface area (Å²) in [5.74, 6) is 0. The Morgan fingerprint density at radius 3 is 1.00 bits per heavy atom. The molecule has 0 heterocycles. The zero-order valence-electron chi connectivity index (χ0n) is 1.29. The Bertz CT molecular complexity index is 8.00. The molecule has 0 atom stereocenters. The van der Waals surface area contributed by atoms with E-state index in [1.54, 1.807) is 0 Å². The molecule has 0 aliphatic carbocycles. The van der Waals surface area contributed by atoms with E-state index in [2.05, 4.69) is 0 Å². The summed E-state index contributed by atoms with van der Waals surface area (Å²) in [6.07, 6.45) is 0. The summed E-state index contributed by atoms with van der Waals surface area (Å²) < 4.78 is 0. The zero-order chi connectivity index (χ0) is 0. The molecule has 0 aliphatic heterocycles. The van der Waals surface area contributed by atoms with Crippen LogP contribution in [0.4, 0.5) is 0 Å². The van der Waals surface area contributed by atoms with Crippen molar-refractivity contribution in [2.45, 2.75) is 7.43 Å². The topological polar surface area (TPSA) is 0 Å². The third kappa shape index (κ3) is 9.24. The van der Waals surface area contributed by atoms with Crippen molar-refractivity contribution in [3.63, 3.8) is 0 Å². The van der Waals surface area contributed by atoms with Gasteiger partial charge < -0.3 is 0 Å². The van der Waals surface area contributed by atoms with Gasteiger partial charge in [0.25, 0.3) is 0 Å². The Hall–Kier alpha value is 1.77. The van der Waals surface area contributed by atoms with E-state index in [1.807, 2.05) is 0 Å². The number of hydrogen-bond acceptors (Lipinski definition) is 0. The first-order chi connectivity index (χ1) is 0. The van der Waals surface area contributed by atoms with Gasteiger partial charge in [-0.3, -0.25) is 0 Å². The maximum Gasteiger partial charge on any atom is 0 e. The fraction of sp³-hybridized carbons (Fsp3) is 1.00. The Morgan fingerprint density at radius 1 is 1.00 bits per heavy atom. The van der Waals surface area contributed by atoms with Gasteiger partial charge in [0.15, 0.2) is 0 Å². The number of hydrogen-bond donors (Lipinski definition) is 0. The molecule has 0 aromatic rings.